The number of allylic oxidation sites excluding steroid dienone is 3. The molecule has 17 nitrogen and oxygen atoms in total. The minimum Gasteiger partial charge on any atom is -0.502 e. The van der Waals surface area contributed by atoms with Crippen LogP contribution in [0.1, 0.15) is 106 Å². The molecule has 0 aromatic carbocycles. The Balaban J connectivity index is 0.000000145. The van der Waals surface area contributed by atoms with Crippen LogP contribution in [0.3, 0.4) is 0 Å². The van der Waals surface area contributed by atoms with Crippen LogP contribution in [0.2, 0.25) is 0 Å². The number of hydrogen-bond acceptors (Lipinski definition) is 14. The minimum absolute atomic E-state index is 0.0525. The molecule has 0 aliphatic carbocycles. The lowest BCUT2D eigenvalue weighted by molar-refractivity contribution is -0.0445. The molecule has 0 spiro atoms. The molecular weight excluding hydrogens is 1040 g/mol. The van der Waals surface area contributed by atoms with Crippen molar-refractivity contribution in [2.75, 3.05) is 59.3 Å². The zero-order valence-electron chi connectivity index (χ0n) is 41.6. The molecule has 2 atom stereocenters. The molecule has 7 aliphatic heterocycles. The first-order valence-corrected chi connectivity index (χ1v) is 25.1. The second-order valence-corrected chi connectivity index (χ2v) is 17.6. The Kier molecular flexibility index (Phi) is 24.2. The monoisotopic (exact) mass is 1100 g/mol. The number of hydrogen-bond donors (Lipinski definition) is 0. The average molecular weight is 1100 g/mol. The van der Waals surface area contributed by atoms with E-state index in [1.54, 1.807) is 54.9 Å². The van der Waals surface area contributed by atoms with Crippen molar-refractivity contribution in [3.8, 4) is 5.82 Å². The summed E-state index contributed by atoms with van der Waals surface area (Å²) < 4.78 is 105. The van der Waals surface area contributed by atoms with Gasteiger partial charge >= 0.3 is 0 Å². The molecule has 400 valence electrons. The molecule has 74 heavy (non-hydrogen) atoms. The molecule has 4 saturated heterocycles. The highest BCUT2D eigenvalue weighted by molar-refractivity contribution is 9.10. The van der Waals surface area contributed by atoms with Crippen LogP contribution < -0.4 is 0 Å². The number of aromatic nitrogens is 8. The highest BCUT2D eigenvalue weighted by Crippen LogP contribution is 2.26. The molecule has 12 rings (SSSR count). The summed E-state index contributed by atoms with van der Waals surface area (Å²) >= 11 is 3.26. The molecule has 7 aliphatic rings. The van der Waals surface area contributed by atoms with Crippen LogP contribution in [0.25, 0.3) is 5.82 Å². The van der Waals surface area contributed by atoms with Crippen molar-refractivity contribution >= 4 is 27.9 Å². The minimum atomic E-state index is -0.345. The normalized spacial score (nSPS) is 19.9. The molecule has 2 unspecified atom stereocenters. The zero-order chi connectivity index (χ0) is 52.5. The van der Waals surface area contributed by atoms with E-state index in [9.17, 15) is 22.0 Å². The fourth-order valence-corrected chi connectivity index (χ4v) is 7.34. The topological polar surface area (TPSA) is 169 Å². The Morgan fingerprint density at radius 1 is 0.608 bits per heavy atom. The molecule has 0 amide bonds. The fourth-order valence-electron chi connectivity index (χ4n) is 7.11. The SMILES string of the molecule is Brc1ccc(C2OCCO2)cn1.C1=COCCC1.CC1=NCC=C1F.Cc1nn(-c2ccc(C3OCCO3)cn2)cc1F.Cc1nn(C2CCCCO2)cc1F.FC1=CCN=C1.Fc1cnn(C2CCCCO2)c1. The predicted molar refractivity (Wildman–Crippen MR) is 268 cm³/mol. The van der Waals surface area contributed by atoms with E-state index in [-0.39, 0.29) is 54.1 Å². The summed E-state index contributed by atoms with van der Waals surface area (Å²) in [5, 5.41) is 11.9. The van der Waals surface area contributed by atoms with Gasteiger partial charge < -0.3 is 33.2 Å². The second kappa shape index (κ2) is 31.2. The quantitative estimate of drug-likeness (QED) is 0.121. The summed E-state index contributed by atoms with van der Waals surface area (Å²) in [7, 11) is 0. The molecule has 0 radical (unpaired) electrons. The Morgan fingerprint density at radius 3 is 1.61 bits per heavy atom. The molecule has 12 heterocycles. The third kappa shape index (κ3) is 19.5. The van der Waals surface area contributed by atoms with Crippen LogP contribution >= 0.6 is 15.9 Å². The van der Waals surface area contributed by atoms with Gasteiger partial charge in [0, 0.05) is 36.7 Å². The van der Waals surface area contributed by atoms with Crippen molar-refractivity contribution in [3.63, 3.8) is 0 Å². The van der Waals surface area contributed by atoms with Crippen molar-refractivity contribution < 1.29 is 55.1 Å². The third-order valence-electron chi connectivity index (χ3n) is 11.1. The Hall–Kier alpha value is -5.82. The second-order valence-electron chi connectivity index (χ2n) is 16.8. The van der Waals surface area contributed by atoms with Crippen molar-refractivity contribution in [2.45, 2.75) is 97.2 Å². The van der Waals surface area contributed by atoms with Gasteiger partial charge in [0.1, 0.15) is 28.7 Å². The Bertz CT molecular complexity index is 2520. The van der Waals surface area contributed by atoms with Crippen LogP contribution in [0, 0.1) is 31.3 Å². The summed E-state index contributed by atoms with van der Waals surface area (Å²) in [6, 6.07) is 7.41. The van der Waals surface area contributed by atoms with Crippen LogP contribution in [-0.2, 0) is 33.2 Å². The van der Waals surface area contributed by atoms with Gasteiger partial charge in [0.15, 0.2) is 35.8 Å². The average Bonchev–Trinajstić information content (AvgIpc) is 4.32. The van der Waals surface area contributed by atoms with Crippen molar-refractivity contribution in [1.82, 2.24) is 39.3 Å². The maximum Gasteiger partial charge on any atom is 0.185 e. The van der Waals surface area contributed by atoms with Gasteiger partial charge in [-0.05, 0) is 131 Å². The molecular formula is C51H62BrF5N10O7. The van der Waals surface area contributed by atoms with Gasteiger partial charge in [0.05, 0.1) is 100 Å². The zero-order valence-corrected chi connectivity index (χ0v) is 43.2. The first-order valence-electron chi connectivity index (χ1n) is 24.3. The molecule has 5 aromatic rings. The standard InChI is InChI=1S/C12H12FN3O2.C9H13FN2O.C8H8BrNO2.C8H11FN2O.C5H6FN.C5H8O.C4H4FN/c1-8-10(13)7-16(15-8)11-3-2-9(6-14-11)12-17-4-5-18-12;1-7-8(10)6-12(11-7)9-4-2-3-5-13-9;9-7-2-1-6(5-10-7)8-11-3-4-12-8;9-7-5-10-11(6-7)8-3-1-2-4-12-8;1-4-5(6)2-3-7-4;1-2-4-6-5-3-1;5-4-1-2-6-3-4/h2-3,6-7,12H,4-5H2,1H3;6,9H,2-5H2,1H3;1-2,5,8H,3-4H2;5-6,8H,1-4H2;2H,3H2,1H3;2,4H,1,3,5H2;1,3H,2H2. The first-order chi connectivity index (χ1) is 35.9. The van der Waals surface area contributed by atoms with Crippen LogP contribution in [0.5, 0.6) is 0 Å². The van der Waals surface area contributed by atoms with Crippen molar-refractivity contribution in [3.05, 3.63) is 142 Å². The molecule has 23 heteroatoms. The number of ether oxygens (including phenoxy) is 7. The maximum absolute atomic E-state index is 13.2. The van der Waals surface area contributed by atoms with E-state index in [0.29, 0.717) is 62.4 Å². The van der Waals surface area contributed by atoms with E-state index in [1.807, 2.05) is 24.3 Å². The van der Waals surface area contributed by atoms with Gasteiger partial charge in [-0.25, -0.2) is 46.0 Å². The largest absolute Gasteiger partial charge is 0.502 e. The van der Waals surface area contributed by atoms with Gasteiger partial charge in [0.2, 0.25) is 0 Å². The molecule has 0 bridgehead atoms. The number of nitrogens with zero attached hydrogens (tertiary/aromatic N) is 10. The number of pyridine rings is 2. The fraction of sp³-hybridized carbons (Fsp3) is 0.471. The first kappa shape index (κ1) is 57.5. The van der Waals surface area contributed by atoms with Crippen LogP contribution in [-0.4, -0.2) is 111 Å². The lowest BCUT2D eigenvalue weighted by atomic mass is 10.2. The molecule has 5 aromatic heterocycles. The highest BCUT2D eigenvalue weighted by atomic mass is 79.9. The van der Waals surface area contributed by atoms with Crippen molar-refractivity contribution in [2.24, 2.45) is 9.98 Å². The van der Waals surface area contributed by atoms with Gasteiger partial charge in [-0.3, -0.25) is 9.98 Å². The van der Waals surface area contributed by atoms with E-state index in [2.05, 4.69) is 51.2 Å². The summed E-state index contributed by atoms with van der Waals surface area (Å²) in [6.07, 6.45) is 24.7. The lowest BCUT2D eigenvalue weighted by Crippen LogP contribution is -2.18. The summed E-state index contributed by atoms with van der Waals surface area (Å²) in [6.45, 7) is 10.9. The Morgan fingerprint density at radius 2 is 1.24 bits per heavy atom. The predicted octanol–water partition coefficient (Wildman–Crippen LogP) is 10.9. The Labute approximate surface area is 435 Å². The molecule has 0 N–H and O–H groups in total. The van der Waals surface area contributed by atoms with E-state index in [0.717, 1.165) is 74.1 Å². The van der Waals surface area contributed by atoms with E-state index in [4.69, 9.17) is 33.2 Å². The van der Waals surface area contributed by atoms with Gasteiger partial charge in [-0.1, -0.05) is 0 Å². The number of halogens is 6. The van der Waals surface area contributed by atoms with Gasteiger partial charge in [0.25, 0.3) is 0 Å². The number of aliphatic imine (C=N–C) groups is 2. The number of rotatable bonds is 5. The van der Waals surface area contributed by atoms with Gasteiger partial charge in [-0.2, -0.15) is 15.3 Å². The maximum atomic E-state index is 13.2. The van der Waals surface area contributed by atoms with E-state index in [1.165, 1.54) is 60.7 Å². The van der Waals surface area contributed by atoms with E-state index < -0.39 is 0 Å². The van der Waals surface area contributed by atoms with Gasteiger partial charge in [-0.15, -0.1) is 0 Å². The third-order valence-corrected chi connectivity index (χ3v) is 11.6. The summed E-state index contributed by atoms with van der Waals surface area (Å²) in [5.74, 6) is -0.722. The highest BCUT2D eigenvalue weighted by Gasteiger charge is 2.21. The molecule has 0 saturated carbocycles. The van der Waals surface area contributed by atoms with Crippen LogP contribution in [0.4, 0.5) is 22.0 Å². The summed E-state index contributed by atoms with van der Waals surface area (Å²) in [4.78, 5) is 15.6. The lowest BCUT2D eigenvalue weighted by Gasteiger charge is -2.22. The van der Waals surface area contributed by atoms with Crippen LogP contribution in [0.15, 0.2) is 112 Å². The smallest absolute Gasteiger partial charge is 0.185 e. The van der Waals surface area contributed by atoms with Crippen molar-refractivity contribution in [1.29, 1.82) is 0 Å². The number of aryl methyl sites for hydroxylation is 2. The summed E-state index contributed by atoms with van der Waals surface area (Å²) in [5.41, 5.74) is 3.13. The van der Waals surface area contributed by atoms with E-state index >= 15 is 0 Å². The molecule has 4 fully saturated rings.